The van der Waals surface area contributed by atoms with Gasteiger partial charge < -0.3 is 10.1 Å². The molecule has 0 saturated heterocycles. The van der Waals surface area contributed by atoms with E-state index in [1.54, 1.807) is 14.0 Å². The van der Waals surface area contributed by atoms with Crippen molar-refractivity contribution in [2.45, 2.75) is 20.3 Å². The Morgan fingerprint density at radius 1 is 1.44 bits per heavy atom. The van der Waals surface area contributed by atoms with Crippen molar-refractivity contribution in [1.29, 1.82) is 0 Å². The van der Waals surface area contributed by atoms with Crippen molar-refractivity contribution in [3.63, 3.8) is 0 Å². The quantitative estimate of drug-likeness (QED) is 0.752. The second kappa shape index (κ2) is 8.01. The van der Waals surface area contributed by atoms with E-state index in [0.29, 0.717) is 12.2 Å². The minimum Gasteiger partial charge on any atom is -0.383 e. The van der Waals surface area contributed by atoms with Gasteiger partial charge in [0, 0.05) is 20.2 Å². The van der Waals surface area contributed by atoms with E-state index in [-0.39, 0.29) is 5.82 Å². The van der Waals surface area contributed by atoms with Gasteiger partial charge >= 0.3 is 0 Å². The number of aryl methyl sites for hydroxylation is 1. The zero-order chi connectivity index (χ0) is 13.4. The van der Waals surface area contributed by atoms with Crippen molar-refractivity contribution in [2.75, 3.05) is 26.8 Å². The topological polar surface area (TPSA) is 21.3 Å². The molecule has 2 nitrogen and oxygen atoms in total. The van der Waals surface area contributed by atoms with Crippen LogP contribution in [0.5, 0.6) is 0 Å². The minimum absolute atomic E-state index is 0.150. The largest absolute Gasteiger partial charge is 0.383 e. The molecule has 0 amide bonds. The first kappa shape index (κ1) is 14.9. The van der Waals surface area contributed by atoms with Gasteiger partial charge in [-0.3, -0.25) is 0 Å². The predicted octanol–water partition coefficient (Wildman–Crippen LogP) is 3.16. The molecular formula is C15H22FNO. The molecule has 0 aliphatic carbocycles. The molecule has 1 rings (SSSR count). The van der Waals surface area contributed by atoms with Gasteiger partial charge in [-0.15, -0.1) is 0 Å². The fraction of sp³-hybridized carbons (Fsp3) is 0.467. The van der Waals surface area contributed by atoms with Gasteiger partial charge in [-0.1, -0.05) is 24.6 Å². The molecule has 0 bridgehead atoms. The van der Waals surface area contributed by atoms with Crippen LogP contribution < -0.4 is 5.32 Å². The van der Waals surface area contributed by atoms with Crippen LogP contribution in [0.2, 0.25) is 0 Å². The molecule has 0 aliphatic heterocycles. The van der Waals surface area contributed by atoms with Gasteiger partial charge in [0.1, 0.15) is 5.82 Å². The molecule has 0 aromatic heterocycles. The van der Waals surface area contributed by atoms with Crippen molar-refractivity contribution in [3.05, 3.63) is 40.7 Å². The van der Waals surface area contributed by atoms with Crippen molar-refractivity contribution in [1.82, 2.24) is 5.32 Å². The molecule has 100 valence electrons. The number of hydrogen-bond donors (Lipinski definition) is 1. The van der Waals surface area contributed by atoms with Crippen molar-refractivity contribution < 1.29 is 9.13 Å². The van der Waals surface area contributed by atoms with Crippen LogP contribution in [0.3, 0.4) is 0 Å². The number of nitrogens with one attached hydrogen (secondary N) is 1. The summed E-state index contributed by atoms with van der Waals surface area (Å²) in [6.45, 7) is 6.31. The highest BCUT2D eigenvalue weighted by molar-refractivity contribution is 5.54. The molecule has 1 N–H and O–H groups in total. The Morgan fingerprint density at radius 2 is 2.22 bits per heavy atom. The van der Waals surface area contributed by atoms with Gasteiger partial charge in [0.05, 0.1) is 6.61 Å². The number of rotatable bonds is 7. The van der Waals surface area contributed by atoms with E-state index in [9.17, 15) is 4.39 Å². The molecule has 0 aliphatic rings. The Morgan fingerprint density at radius 3 is 2.83 bits per heavy atom. The third kappa shape index (κ3) is 4.98. The van der Waals surface area contributed by atoms with E-state index in [4.69, 9.17) is 4.74 Å². The number of halogens is 1. The lowest BCUT2D eigenvalue weighted by atomic mass is 10.1. The average Bonchev–Trinajstić information content (AvgIpc) is 2.37. The smallest absolute Gasteiger partial charge is 0.126 e. The lowest BCUT2D eigenvalue weighted by molar-refractivity contribution is 0.200. The zero-order valence-corrected chi connectivity index (χ0v) is 11.4. The first-order valence-electron chi connectivity index (χ1n) is 6.32. The molecule has 0 fully saturated rings. The van der Waals surface area contributed by atoms with Crippen molar-refractivity contribution >= 4 is 6.08 Å². The molecule has 18 heavy (non-hydrogen) atoms. The lowest BCUT2D eigenvalue weighted by Crippen LogP contribution is -2.21. The summed E-state index contributed by atoms with van der Waals surface area (Å²) in [7, 11) is 1.69. The predicted molar refractivity (Wildman–Crippen MR) is 74.2 cm³/mol. The Hall–Kier alpha value is -1.19. The van der Waals surface area contributed by atoms with E-state index >= 15 is 0 Å². The molecule has 3 heteroatoms. The van der Waals surface area contributed by atoms with E-state index in [0.717, 1.165) is 25.1 Å². The van der Waals surface area contributed by atoms with Crippen molar-refractivity contribution in [3.8, 4) is 0 Å². The Balaban J connectivity index is 2.62. The summed E-state index contributed by atoms with van der Waals surface area (Å²) < 4.78 is 18.1. The average molecular weight is 251 g/mol. The molecule has 0 unspecified atom stereocenters. The maximum atomic E-state index is 13.2. The van der Waals surface area contributed by atoms with Gasteiger partial charge in [-0.05, 0) is 36.6 Å². The van der Waals surface area contributed by atoms with Crippen LogP contribution in [0, 0.1) is 12.7 Å². The number of ether oxygens (including phenoxy) is 1. The highest BCUT2D eigenvalue weighted by atomic mass is 19.1. The first-order valence-corrected chi connectivity index (χ1v) is 6.32. The number of benzene rings is 1. The van der Waals surface area contributed by atoms with E-state index in [1.807, 2.05) is 12.1 Å². The zero-order valence-electron chi connectivity index (χ0n) is 11.4. The van der Waals surface area contributed by atoms with Crippen LogP contribution in [0.1, 0.15) is 24.5 Å². The summed E-state index contributed by atoms with van der Waals surface area (Å²) in [6.07, 6.45) is 3.10. The van der Waals surface area contributed by atoms with Crippen LogP contribution in [0.15, 0.2) is 23.8 Å². The first-order chi connectivity index (χ1) is 8.67. The Bertz CT molecular complexity index is 401. The molecule has 0 spiro atoms. The van der Waals surface area contributed by atoms with Gasteiger partial charge in [-0.25, -0.2) is 4.39 Å². The van der Waals surface area contributed by atoms with Crippen LogP contribution >= 0.6 is 0 Å². The Labute approximate surface area is 109 Å². The normalized spacial score (nSPS) is 11.9. The summed E-state index contributed by atoms with van der Waals surface area (Å²) in [6, 6.07) is 5.21. The van der Waals surface area contributed by atoms with Gasteiger partial charge in [0.25, 0.3) is 0 Å². The molecule has 0 atom stereocenters. The maximum absolute atomic E-state index is 13.2. The third-order valence-electron chi connectivity index (χ3n) is 2.84. The summed E-state index contributed by atoms with van der Waals surface area (Å²) in [5, 5.41) is 3.32. The monoisotopic (exact) mass is 251 g/mol. The molecule has 1 aromatic rings. The van der Waals surface area contributed by atoms with E-state index in [2.05, 4.69) is 18.3 Å². The molecule has 1 aromatic carbocycles. The third-order valence-corrected chi connectivity index (χ3v) is 2.84. The fourth-order valence-corrected chi connectivity index (χ4v) is 1.69. The molecule has 0 radical (unpaired) electrons. The SMILES string of the molecule is CCC(=Cc1ccc(F)c(C)c1)CNCCOC. The van der Waals surface area contributed by atoms with E-state index in [1.165, 1.54) is 11.6 Å². The van der Waals surface area contributed by atoms with Gasteiger partial charge in [-0.2, -0.15) is 0 Å². The van der Waals surface area contributed by atoms with Gasteiger partial charge in [0.2, 0.25) is 0 Å². The second-order valence-corrected chi connectivity index (χ2v) is 4.33. The summed E-state index contributed by atoms with van der Waals surface area (Å²) >= 11 is 0. The summed E-state index contributed by atoms with van der Waals surface area (Å²) in [4.78, 5) is 0. The lowest BCUT2D eigenvalue weighted by Gasteiger charge is -2.07. The summed E-state index contributed by atoms with van der Waals surface area (Å²) in [5.41, 5.74) is 3.04. The second-order valence-electron chi connectivity index (χ2n) is 4.33. The van der Waals surface area contributed by atoms with Gasteiger partial charge in [0.15, 0.2) is 0 Å². The minimum atomic E-state index is -0.150. The highest BCUT2D eigenvalue weighted by Gasteiger charge is 1.99. The molecular weight excluding hydrogens is 229 g/mol. The highest BCUT2D eigenvalue weighted by Crippen LogP contribution is 2.13. The number of hydrogen-bond acceptors (Lipinski definition) is 2. The fourth-order valence-electron chi connectivity index (χ4n) is 1.69. The van der Waals surface area contributed by atoms with Crippen LogP contribution in [0.4, 0.5) is 4.39 Å². The van der Waals surface area contributed by atoms with Crippen LogP contribution in [-0.4, -0.2) is 26.8 Å². The van der Waals surface area contributed by atoms with E-state index < -0.39 is 0 Å². The van der Waals surface area contributed by atoms with Crippen molar-refractivity contribution in [2.24, 2.45) is 0 Å². The standard InChI is InChI=1S/C15H22FNO/c1-4-13(11-17-7-8-18-3)10-14-5-6-15(16)12(2)9-14/h5-6,9-10,17H,4,7-8,11H2,1-3H3. The molecule has 0 heterocycles. The Kier molecular flexibility index (Phi) is 6.61. The summed E-state index contributed by atoms with van der Waals surface area (Å²) in [5.74, 6) is -0.150. The molecule has 0 saturated carbocycles. The number of methoxy groups -OCH3 is 1. The van der Waals surface area contributed by atoms with Crippen LogP contribution in [-0.2, 0) is 4.74 Å². The van der Waals surface area contributed by atoms with Crippen LogP contribution in [0.25, 0.3) is 6.08 Å². The maximum Gasteiger partial charge on any atom is 0.126 e.